The smallest absolute Gasteiger partial charge is 0.337 e. The van der Waals surface area contributed by atoms with Gasteiger partial charge in [0.25, 0.3) is 0 Å². The molecular weight excluding hydrogens is 302 g/mol. The predicted molar refractivity (Wildman–Crippen MR) is 75.5 cm³/mol. The van der Waals surface area contributed by atoms with Crippen molar-refractivity contribution in [1.82, 2.24) is 4.31 Å². The van der Waals surface area contributed by atoms with Crippen LogP contribution in [0.1, 0.15) is 23.7 Å². The maximum Gasteiger partial charge on any atom is 0.337 e. The van der Waals surface area contributed by atoms with E-state index in [1.165, 1.54) is 22.5 Å². The van der Waals surface area contributed by atoms with Crippen molar-refractivity contribution in [3.8, 4) is 0 Å². The van der Waals surface area contributed by atoms with Crippen molar-refractivity contribution in [3.63, 3.8) is 0 Å². The highest BCUT2D eigenvalue weighted by Crippen LogP contribution is 2.26. The van der Waals surface area contributed by atoms with Crippen LogP contribution >= 0.6 is 11.6 Å². The first kappa shape index (κ1) is 15.0. The molecule has 0 radical (unpaired) electrons. The molecule has 0 unspecified atom stereocenters. The van der Waals surface area contributed by atoms with Crippen molar-refractivity contribution < 1.29 is 18.3 Å². The highest BCUT2D eigenvalue weighted by Gasteiger charge is 2.29. The van der Waals surface area contributed by atoms with Crippen LogP contribution in [-0.2, 0) is 10.0 Å². The normalized spacial score (nSPS) is 16.8. The molecule has 7 heteroatoms. The number of aromatic carboxylic acids is 1. The average Bonchev–Trinajstić information content (AvgIpc) is 2.38. The summed E-state index contributed by atoms with van der Waals surface area (Å²) in [6.07, 6.45) is 2.47. The summed E-state index contributed by atoms with van der Waals surface area (Å²) in [6, 6.07) is 3.76. The zero-order chi connectivity index (χ0) is 14.9. The Morgan fingerprint density at radius 2 is 2.10 bits per heavy atom. The predicted octanol–water partition coefficient (Wildman–Crippen LogP) is 2.38. The largest absolute Gasteiger partial charge is 0.478 e. The molecular formula is C13H14ClNO4S. The number of hydrogen-bond acceptors (Lipinski definition) is 3. The number of rotatable bonds is 3. The van der Waals surface area contributed by atoms with Gasteiger partial charge in [-0.05, 0) is 31.5 Å². The van der Waals surface area contributed by atoms with Crippen LogP contribution in [0.2, 0.25) is 5.02 Å². The molecule has 1 aromatic carbocycles. The van der Waals surface area contributed by atoms with Crippen molar-refractivity contribution in [3.05, 3.63) is 40.4 Å². The van der Waals surface area contributed by atoms with E-state index < -0.39 is 16.0 Å². The van der Waals surface area contributed by atoms with Crippen LogP contribution in [0.15, 0.2) is 34.7 Å². The summed E-state index contributed by atoms with van der Waals surface area (Å²) in [5.74, 6) is -1.29. The first-order valence-corrected chi connectivity index (χ1v) is 7.83. The molecule has 0 saturated carbocycles. The lowest BCUT2D eigenvalue weighted by molar-refractivity contribution is 0.0692. The first-order chi connectivity index (χ1) is 9.32. The van der Waals surface area contributed by atoms with E-state index in [-0.39, 0.29) is 22.0 Å². The van der Waals surface area contributed by atoms with E-state index in [4.69, 9.17) is 16.7 Å². The lowest BCUT2D eigenvalue weighted by atomic mass is 10.1. The van der Waals surface area contributed by atoms with Crippen molar-refractivity contribution >= 4 is 27.6 Å². The van der Waals surface area contributed by atoms with E-state index in [1.807, 2.05) is 13.0 Å². The Morgan fingerprint density at radius 3 is 2.65 bits per heavy atom. The van der Waals surface area contributed by atoms with Gasteiger partial charge in [0.05, 0.1) is 10.5 Å². The fourth-order valence-corrected chi connectivity index (χ4v) is 3.82. The topological polar surface area (TPSA) is 74.7 Å². The Balaban J connectivity index is 2.49. The average molecular weight is 316 g/mol. The van der Waals surface area contributed by atoms with Crippen molar-refractivity contribution in [2.24, 2.45) is 0 Å². The van der Waals surface area contributed by atoms with Crippen LogP contribution in [0.4, 0.5) is 0 Å². The lowest BCUT2D eigenvalue weighted by Gasteiger charge is -2.25. The van der Waals surface area contributed by atoms with Crippen LogP contribution in [-0.4, -0.2) is 36.9 Å². The van der Waals surface area contributed by atoms with Gasteiger partial charge in [-0.25, -0.2) is 13.2 Å². The van der Waals surface area contributed by atoms with Crippen molar-refractivity contribution in [2.45, 2.75) is 18.2 Å². The molecule has 0 saturated heterocycles. The Hall–Kier alpha value is -1.37. The van der Waals surface area contributed by atoms with E-state index >= 15 is 0 Å². The zero-order valence-corrected chi connectivity index (χ0v) is 12.4. The van der Waals surface area contributed by atoms with Gasteiger partial charge in [0.2, 0.25) is 10.0 Å². The van der Waals surface area contributed by atoms with E-state index in [2.05, 4.69) is 0 Å². The van der Waals surface area contributed by atoms with Crippen molar-refractivity contribution in [1.29, 1.82) is 0 Å². The number of sulfonamides is 1. The molecule has 2 rings (SSSR count). The molecule has 0 amide bonds. The molecule has 0 atom stereocenters. The third kappa shape index (κ3) is 2.87. The summed E-state index contributed by atoms with van der Waals surface area (Å²) in [4.78, 5) is 10.9. The summed E-state index contributed by atoms with van der Waals surface area (Å²) in [7, 11) is -3.86. The summed E-state index contributed by atoms with van der Waals surface area (Å²) in [5, 5.41) is 9.31. The molecule has 1 aliphatic heterocycles. The summed E-state index contributed by atoms with van der Waals surface area (Å²) in [6.45, 7) is 2.53. The number of halogens is 1. The molecule has 1 aromatic rings. The first-order valence-electron chi connectivity index (χ1n) is 6.01. The molecule has 1 aliphatic rings. The van der Waals surface area contributed by atoms with Gasteiger partial charge in [-0.2, -0.15) is 4.31 Å². The molecule has 0 fully saturated rings. The number of nitrogens with zero attached hydrogens (tertiary/aromatic N) is 1. The Labute approximate surface area is 122 Å². The number of carboxylic acid groups (broad SMARTS) is 1. The summed E-state index contributed by atoms with van der Waals surface area (Å²) < 4.78 is 26.4. The number of hydrogen-bond donors (Lipinski definition) is 1. The Morgan fingerprint density at radius 1 is 1.40 bits per heavy atom. The zero-order valence-electron chi connectivity index (χ0n) is 10.8. The van der Waals surface area contributed by atoms with Crippen molar-refractivity contribution in [2.75, 3.05) is 13.1 Å². The van der Waals surface area contributed by atoms with Crippen LogP contribution in [0, 0.1) is 0 Å². The maximum atomic E-state index is 12.5. The Bertz CT molecular complexity index is 682. The fourth-order valence-electron chi connectivity index (χ4n) is 2.00. The number of carbonyl (C=O) groups is 1. The van der Waals surface area contributed by atoms with Gasteiger partial charge in [0.15, 0.2) is 0 Å². The molecule has 0 bridgehead atoms. The lowest BCUT2D eigenvalue weighted by Crippen LogP contribution is -2.35. The molecule has 0 aromatic heterocycles. The minimum Gasteiger partial charge on any atom is -0.478 e. The number of benzene rings is 1. The van der Waals surface area contributed by atoms with E-state index in [0.29, 0.717) is 13.0 Å². The van der Waals surface area contributed by atoms with Gasteiger partial charge in [-0.3, -0.25) is 0 Å². The molecule has 5 nitrogen and oxygen atoms in total. The molecule has 0 spiro atoms. The molecule has 0 aliphatic carbocycles. The quantitative estimate of drug-likeness (QED) is 0.869. The van der Waals surface area contributed by atoms with Gasteiger partial charge < -0.3 is 5.11 Å². The van der Waals surface area contributed by atoms with Gasteiger partial charge in [0.1, 0.15) is 0 Å². The van der Waals surface area contributed by atoms with E-state index in [0.717, 1.165) is 5.57 Å². The second-order valence-electron chi connectivity index (χ2n) is 4.61. The summed E-state index contributed by atoms with van der Waals surface area (Å²) >= 11 is 5.80. The molecule has 1 heterocycles. The maximum absolute atomic E-state index is 12.5. The van der Waals surface area contributed by atoms with E-state index in [1.54, 1.807) is 0 Å². The van der Waals surface area contributed by atoms with Crippen LogP contribution in [0.25, 0.3) is 0 Å². The second-order valence-corrected chi connectivity index (χ2v) is 6.95. The fraction of sp³-hybridized carbons (Fsp3) is 0.308. The highest BCUT2D eigenvalue weighted by atomic mass is 35.5. The minimum atomic E-state index is -3.86. The molecule has 20 heavy (non-hydrogen) atoms. The van der Waals surface area contributed by atoms with Gasteiger partial charge >= 0.3 is 5.97 Å². The van der Waals surface area contributed by atoms with Crippen LogP contribution in [0.5, 0.6) is 0 Å². The van der Waals surface area contributed by atoms with Crippen LogP contribution < -0.4 is 0 Å². The third-order valence-corrected chi connectivity index (χ3v) is 5.33. The van der Waals surface area contributed by atoms with E-state index in [9.17, 15) is 13.2 Å². The van der Waals surface area contributed by atoms with Gasteiger partial charge in [-0.1, -0.05) is 23.3 Å². The Kier molecular flexibility index (Phi) is 4.17. The summed E-state index contributed by atoms with van der Waals surface area (Å²) in [5.41, 5.74) is 0.863. The molecule has 1 N–H and O–H groups in total. The van der Waals surface area contributed by atoms with Crippen LogP contribution in [0.3, 0.4) is 0 Å². The molecule has 108 valence electrons. The standard InChI is InChI=1S/C13H14ClNO4S/c1-9-4-6-15(7-5-9)20(18,19)12-8-10(14)2-3-11(12)13(16)17/h2-4,8H,5-7H2,1H3,(H,16,17). The number of carboxylic acids is 1. The SMILES string of the molecule is CC1=CCN(S(=O)(=O)c2cc(Cl)ccc2C(=O)O)CC1. The minimum absolute atomic E-state index is 0.192. The van der Waals surface area contributed by atoms with Gasteiger partial charge in [-0.15, -0.1) is 0 Å². The monoisotopic (exact) mass is 315 g/mol. The van der Waals surface area contributed by atoms with Gasteiger partial charge in [0, 0.05) is 18.1 Å². The highest BCUT2D eigenvalue weighted by molar-refractivity contribution is 7.89. The second kappa shape index (κ2) is 5.55. The third-order valence-electron chi connectivity index (χ3n) is 3.19.